The van der Waals surface area contributed by atoms with Gasteiger partial charge in [0.25, 0.3) is 0 Å². The largest absolute Gasteiger partial charge is 0.362 e. The molecule has 1 atom stereocenters. The predicted molar refractivity (Wildman–Crippen MR) is 131 cm³/mol. The molecule has 1 aliphatic rings. The number of rotatable bonds is 5. The summed E-state index contributed by atoms with van der Waals surface area (Å²) >= 11 is 12.4. The number of hydrogen-bond donors (Lipinski definition) is 1. The Bertz CT molecular complexity index is 1200. The van der Waals surface area contributed by atoms with Crippen molar-refractivity contribution >= 4 is 34.2 Å². The van der Waals surface area contributed by atoms with E-state index in [1.165, 1.54) is 0 Å². The maximum Gasteiger partial charge on any atom is 0.141 e. The van der Waals surface area contributed by atoms with E-state index in [1.807, 2.05) is 42.5 Å². The third-order valence-electron chi connectivity index (χ3n) is 6.09. The maximum absolute atomic E-state index is 6.71. The van der Waals surface area contributed by atoms with Gasteiger partial charge in [0.1, 0.15) is 11.9 Å². The van der Waals surface area contributed by atoms with Crippen molar-refractivity contribution < 1.29 is 4.74 Å². The number of H-pyrrole nitrogens is 1. The number of piperidine rings is 1. The Labute approximate surface area is 198 Å². The van der Waals surface area contributed by atoms with Crippen molar-refractivity contribution in [3.8, 4) is 11.1 Å². The molecule has 3 aromatic carbocycles. The van der Waals surface area contributed by atoms with E-state index in [2.05, 4.69) is 41.2 Å². The molecule has 1 unspecified atom stereocenters. The van der Waals surface area contributed by atoms with Crippen LogP contribution in [0.4, 0.5) is 0 Å². The van der Waals surface area contributed by atoms with Crippen molar-refractivity contribution in [2.24, 2.45) is 0 Å². The summed E-state index contributed by atoms with van der Waals surface area (Å²) in [7, 11) is 2.16. The van der Waals surface area contributed by atoms with Crippen LogP contribution in [0.15, 0.2) is 66.7 Å². The molecule has 0 aliphatic carbocycles. The van der Waals surface area contributed by atoms with Gasteiger partial charge in [-0.15, -0.1) is 0 Å². The molecular formula is C26H25Cl2N3O. The SMILES string of the molecule is CN1CCC(OC(c2cccc(-c3ccc(Cl)c(Cl)c3)c2)c2nc3ccccc3[nH]2)CC1. The summed E-state index contributed by atoms with van der Waals surface area (Å²) in [6.07, 6.45) is 1.94. The average molecular weight is 466 g/mol. The predicted octanol–water partition coefficient (Wildman–Crippen LogP) is 6.74. The molecule has 164 valence electrons. The van der Waals surface area contributed by atoms with Crippen molar-refractivity contribution in [1.82, 2.24) is 14.9 Å². The second-order valence-electron chi connectivity index (χ2n) is 8.41. The van der Waals surface area contributed by atoms with Crippen molar-refractivity contribution in [2.45, 2.75) is 25.0 Å². The Balaban J connectivity index is 1.52. The summed E-state index contributed by atoms with van der Waals surface area (Å²) < 4.78 is 6.71. The lowest BCUT2D eigenvalue weighted by molar-refractivity contribution is -0.0264. The number of likely N-dealkylation sites (tertiary alicyclic amines) is 1. The van der Waals surface area contributed by atoms with Crippen LogP contribution in [0.1, 0.15) is 30.3 Å². The van der Waals surface area contributed by atoms with E-state index < -0.39 is 0 Å². The molecule has 32 heavy (non-hydrogen) atoms. The lowest BCUT2D eigenvalue weighted by Crippen LogP contribution is -2.35. The molecule has 6 heteroatoms. The second-order valence-corrected chi connectivity index (χ2v) is 9.23. The maximum atomic E-state index is 6.71. The first kappa shape index (κ1) is 21.5. The van der Waals surface area contributed by atoms with Crippen LogP contribution in [-0.2, 0) is 4.74 Å². The fourth-order valence-electron chi connectivity index (χ4n) is 4.27. The van der Waals surface area contributed by atoms with E-state index in [9.17, 15) is 0 Å². The highest BCUT2D eigenvalue weighted by atomic mass is 35.5. The molecule has 1 aromatic heterocycles. The Morgan fingerprint density at radius 2 is 1.72 bits per heavy atom. The van der Waals surface area contributed by atoms with Crippen LogP contribution in [0.3, 0.4) is 0 Å². The molecule has 1 fully saturated rings. The molecule has 2 heterocycles. The van der Waals surface area contributed by atoms with E-state index >= 15 is 0 Å². The Hall–Kier alpha value is -2.37. The van der Waals surface area contributed by atoms with Gasteiger partial charge in [0.15, 0.2) is 0 Å². The first-order valence-corrected chi connectivity index (χ1v) is 11.7. The summed E-state index contributed by atoms with van der Waals surface area (Å²) in [5.74, 6) is 0.830. The lowest BCUT2D eigenvalue weighted by Gasteiger charge is -2.31. The van der Waals surface area contributed by atoms with Crippen molar-refractivity contribution in [3.05, 3.63) is 88.2 Å². The highest BCUT2D eigenvalue weighted by molar-refractivity contribution is 6.42. The number of nitrogens with one attached hydrogen (secondary N) is 1. The number of nitrogens with zero attached hydrogens (tertiary/aromatic N) is 2. The van der Waals surface area contributed by atoms with E-state index in [4.69, 9.17) is 32.9 Å². The molecule has 0 amide bonds. The molecule has 1 saturated heterocycles. The van der Waals surface area contributed by atoms with Crippen molar-refractivity contribution in [2.75, 3.05) is 20.1 Å². The van der Waals surface area contributed by atoms with Crippen LogP contribution >= 0.6 is 23.2 Å². The number of ether oxygens (including phenoxy) is 1. The normalized spacial score (nSPS) is 16.5. The van der Waals surface area contributed by atoms with E-state index in [-0.39, 0.29) is 12.2 Å². The van der Waals surface area contributed by atoms with Crippen LogP contribution in [0, 0.1) is 0 Å². The van der Waals surface area contributed by atoms with Crippen molar-refractivity contribution in [1.29, 1.82) is 0 Å². The standard InChI is InChI=1S/C26H25Cl2N3O/c1-31-13-11-20(12-14-31)32-25(26-29-23-7-2-3-8-24(23)30-26)19-6-4-5-17(15-19)18-9-10-21(27)22(28)16-18/h2-10,15-16,20,25H,11-14H2,1H3,(H,29,30). The van der Waals surface area contributed by atoms with Gasteiger partial charge in [-0.3, -0.25) is 0 Å². The number of para-hydroxylation sites is 2. The van der Waals surface area contributed by atoms with Gasteiger partial charge in [-0.05, 0) is 66.9 Å². The summed E-state index contributed by atoms with van der Waals surface area (Å²) in [6, 6.07) is 22.2. The van der Waals surface area contributed by atoms with Gasteiger partial charge < -0.3 is 14.6 Å². The number of aromatic amines is 1. The van der Waals surface area contributed by atoms with E-state index in [0.717, 1.165) is 59.5 Å². The number of benzene rings is 3. The zero-order valence-corrected chi connectivity index (χ0v) is 19.4. The molecule has 4 nitrogen and oxygen atoms in total. The first-order chi connectivity index (χ1) is 15.6. The van der Waals surface area contributed by atoms with Crippen LogP contribution in [0.5, 0.6) is 0 Å². The molecule has 0 bridgehead atoms. The van der Waals surface area contributed by atoms with Gasteiger partial charge in [-0.1, -0.05) is 59.6 Å². The zero-order valence-electron chi connectivity index (χ0n) is 17.9. The monoisotopic (exact) mass is 465 g/mol. The summed E-state index contributed by atoms with van der Waals surface area (Å²) in [4.78, 5) is 10.7. The second kappa shape index (κ2) is 9.24. The van der Waals surface area contributed by atoms with Gasteiger partial charge in [0, 0.05) is 13.1 Å². The zero-order chi connectivity index (χ0) is 22.1. The van der Waals surface area contributed by atoms with Gasteiger partial charge >= 0.3 is 0 Å². The summed E-state index contributed by atoms with van der Waals surface area (Å²) in [5, 5.41) is 1.10. The lowest BCUT2D eigenvalue weighted by atomic mass is 9.99. The van der Waals surface area contributed by atoms with Crippen LogP contribution in [0.2, 0.25) is 10.0 Å². The number of imidazole rings is 1. The molecule has 1 N–H and O–H groups in total. The number of hydrogen-bond acceptors (Lipinski definition) is 3. The molecule has 1 aliphatic heterocycles. The number of aromatic nitrogens is 2. The topological polar surface area (TPSA) is 41.1 Å². The summed E-state index contributed by atoms with van der Waals surface area (Å²) in [6.45, 7) is 2.08. The van der Waals surface area contributed by atoms with Crippen LogP contribution < -0.4 is 0 Å². The molecule has 0 spiro atoms. The fraction of sp³-hybridized carbons (Fsp3) is 0.269. The minimum Gasteiger partial charge on any atom is -0.362 e. The van der Waals surface area contributed by atoms with E-state index in [1.54, 1.807) is 0 Å². The molecule has 0 radical (unpaired) electrons. The van der Waals surface area contributed by atoms with Crippen LogP contribution in [-0.4, -0.2) is 41.1 Å². The van der Waals surface area contributed by atoms with Gasteiger partial charge in [-0.25, -0.2) is 4.98 Å². The summed E-state index contributed by atoms with van der Waals surface area (Å²) in [5.41, 5.74) is 5.10. The van der Waals surface area contributed by atoms with Gasteiger partial charge in [0.05, 0.1) is 27.2 Å². The number of fused-ring (bicyclic) bond motifs is 1. The number of halogens is 2. The molecular weight excluding hydrogens is 441 g/mol. The van der Waals surface area contributed by atoms with E-state index in [0.29, 0.717) is 10.0 Å². The Morgan fingerprint density at radius 1 is 0.938 bits per heavy atom. The third-order valence-corrected chi connectivity index (χ3v) is 6.83. The molecule has 0 saturated carbocycles. The fourth-order valence-corrected chi connectivity index (χ4v) is 4.57. The van der Waals surface area contributed by atoms with Crippen molar-refractivity contribution in [3.63, 3.8) is 0 Å². The molecule has 4 aromatic rings. The van der Waals surface area contributed by atoms with Crippen LogP contribution in [0.25, 0.3) is 22.2 Å². The van der Waals surface area contributed by atoms with Gasteiger partial charge in [0.2, 0.25) is 0 Å². The minimum absolute atomic E-state index is 0.193. The van der Waals surface area contributed by atoms with Gasteiger partial charge in [-0.2, -0.15) is 0 Å². The third kappa shape index (κ3) is 4.55. The Morgan fingerprint density at radius 3 is 2.50 bits per heavy atom. The quantitative estimate of drug-likeness (QED) is 0.354. The first-order valence-electron chi connectivity index (χ1n) is 10.9. The minimum atomic E-state index is -0.279. The molecule has 5 rings (SSSR count). The average Bonchev–Trinajstić information content (AvgIpc) is 3.24. The Kier molecular flexibility index (Phi) is 6.20. The highest BCUT2D eigenvalue weighted by Crippen LogP contribution is 2.34. The smallest absolute Gasteiger partial charge is 0.141 e. The highest BCUT2D eigenvalue weighted by Gasteiger charge is 2.26.